The molecule has 0 aromatic heterocycles. The second-order valence-electron chi connectivity index (χ2n) is 3.91. The first-order valence-electron chi connectivity index (χ1n) is 4.98. The molecule has 0 saturated carbocycles. The lowest BCUT2D eigenvalue weighted by Crippen LogP contribution is -2.40. The van der Waals surface area contributed by atoms with Crippen LogP contribution in [0.3, 0.4) is 0 Å². The molecule has 1 rings (SSSR count). The summed E-state index contributed by atoms with van der Waals surface area (Å²) in [6.45, 7) is 3.33. The Hall–Kier alpha value is -0.970. The lowest BCUT2D eigenvalue weighted by atomic mass is 9.91. The summed E-state index contributed by atoms with van der Waals surface area (Å²) in [5.74, 6) is -0.396. The Bertz CT molecular complexity index is 359. The third-order valence-electron chi connectivity index (χ3n) is 2.63. The van der Waals surface area contributed by atoms with Crippen molar-refractivity contribution in [2.24, 2.45) is 0 Å². The van der Waals surface area contributed by atoms with Crippen LogP contribution in [0.2, 0.25) is 0 Å². The van der Waals surface area contributed by atoms with Gasteiger partial charge in [-0.25, -0.2) is 4.39 Å². The van der Waals surface area contributed by atoms with E-state index in [1.807, 2.05) is 0 Å². The van der Waals surface area contributed by atoms with Crippen LogP contribution >= 0.6 is 0 Å². The Labute approximate surface area is 94.8 Å². The van der Waals surface area contributed by atoms with Crippen LogP contribution in [0, 0.1) is 12.7 Å². The molecule has 3 nitrogen and oxygen atoms in total. The number of hydrogen-bond donors (Lipinski definition) is 1. The van der Waals surface area contributed by atoms with E-state index in [4.69, 9.17) is 9.47 Å². The maximum absolute atomic E-state index is 13.2. The molecule has 0 aliphatic heterocycles. The van der Waals surface area contributed by atoms with Crippen molar-refractivity contribution in [3.8, 4) is 0 Å². The maximum Gasteiger partial charge on any atom is 0.189 e. The molecule has 0 fully saturated rings. The maximum atomic E-state index is 13.2. The molecule has 4 heteroatoms. The van der Waals surface area contributed by atoms with Gasteiger partial charge in [0, 0.05) is 14.2 Å². The van der Waals surface area contributed by atoms with Crippen molar-refractivity contribution in [3.63, 3.8) is 0 Å². The van der Waals surface area contributed by atoms with Crippen LogP contribution in [-0.2, 0) is 15.1 Å². The molecule has 1 aromatic rings. The fraction of sp³-hybridized carbons (Fsp3) is 0.500. The zero-order valence-corrected chi connectivity index (χ0v) is 9.95. The predicted molar refractivity (Wildman–Crippen MR) is 58.5 cm³/mol. The van der Waals surface area contributed by atoms with Crippen LogP contribution in [0.4, 0.5) is 4.39 Å². The van der Waals surface area contributed by atoms with Crippen molar-refractivity contribution in [1.82, 2.24) is 0 Å². The lowest BCUT2D eigenvalue weighted by Gasteiger charge is -2.32. The minimum Gasteiger partial charge on any atom is -0.380 e. The van der Waals surface area contributed by atoms with Gasteiger partial charge in [0.25, 0.3) is 0 Å². The van der Waals surface area contributed by atoms with Gasteiger partial charge in [0.05, 0.1) is 0 Å². The SMILES string of the molecule is COC(OC)C(C)(O)c1cc(F)ccc1C. The van der Waals surface area contributed by atoms with Crippen LogP contribution in [0.15, 0.2) is 18.2 Å². The Morgan fingerprint density at radius 3 is 2.38 bits per heavy atom. The van der Waals surface area contributed by atoms with Crippen molar-refractivity contribution in [2.75, 3.05) is 14.2 Å². The number of methoxy groups -OCH3 is 2. The molecule has 16 heavy (non-hydrogen) atoms. The highest BCUT2D eigenvalue weighted by Gasteiger charge is 2.35. The molecule has 0 heterocycles. The molecule has 1 aromatic carbocycles. The van der Waals surface area contributed by atoms with Crippen LogP contribution in [0.25, 0.3) is 0 Å². The molecular formula is C12H17FO3. The number of hydrogen-bond acceptors (Lipinski definition) is 3. The second kappa shape index (κ2) is 4.91. The van der Waals surface area contributed by atoms with E-state index in [1.54, 1.807) is 13.0 Å². The first-order valence-corrected chi connectivity index (χ1v) is 4.98. The summed E-state index contributed by atoms with van der Waals surface area (Å²) in [4.78, 5) is 0. The van der Waals surface area contributed by atoms with E-state index in [0.29, 0.717) is 5.56 Å². The summed E-state index contributed by atoms with van der Waals surface area (Å²) in [6.07, 6.45) is -0.840. The summed E-state index contributed by atoms with van der Waals surface area (Å²) < 4.78 is 23.2. The second-order valence-corrected chi connectivity index (χ2v) is 3.91. The fourth-order valence-corrected chi connectivity index (χ4v) is 1.82. The van der Waals surface area contributed by atoms with Gasteiger partial charge in [0.2, 0.25) is 0 Å². The molecular weight excluding hydrogens is 211 g/mol. The number of aliphatic hydroxyl groups is 1. The Morgan fingerprint density at radius 1 is 1.31 bits per heavy atom. The molecule has 0 aliphatic carbocycles. The van der Waals surface area contributed by atoms with Gasteiger partial charge in [0.1, 0.15) is 11.4 Å². The van der Waals surface area contributed by atoms with Gasteiger partial charge < -0.3 is 14.6 Å². The normalized spacial score (nSPS) is 15.2. The first-order chi connectivity index (χ1) is 7.43. The van der Waals surface area contributed by atoms with Crippen molar-refractivity contribution in [2.45, 2.75) is 25.7 Å². The van der Waals surface area contributed by atoms with E-state index in [2.05, 4.69) is 0 Å². The highest BCUT2D eigenvalue weighted by Crippen LogP contribution is 2.29. The van der Waals surface area contributed by atoms with Gasteiger partial charge >= 0.3 is 0 Å². The van der Waals surface area contributed by atoms with E-state index in [0.717, 1.165) is 5.56 Å². The fourth-order valence-electron chi connectivity index (χ4n) is 1.82. The first kappa shape index (κ1) is 13.1. The van der Waals surface area contributed by atoms with E-state index in [-0.39, 0.29) is 0 Å². The van der Waals surface area contributed by atoms with Crippen molar-refractivity contribution < 1.29 is 19.0 Å². The van der Waals surface area contributed by atoms with Crippen molar-refractivity contribution in [1.29, 1.82) is 0 Å². The molecule has 0 amide bonds. The standard InChI is InChI=1S/C12H17FO3/c1-8-5-6-9(13)7-10(8)12(2,14)11(15-3)16-4/h5-7,11,14H,1-4H3. The summed E-state index contributed by atoms with van der Waals surface area (Å²) in [5.41, 5.74) is -0.151. The number of benzene rings is 1. The van der Waals surface area contributed by atoms with E-state index in [9.17, 15) is 9.50 Å². The predicted octanol–water partition coefficient (Wildman–Crippen LogP) is 1.96. The van der Waals surface area contributed by atoms with Crippen LogP contribution in [-0.4, -0.2) is 25.6 Å². The molecule has 0 radical (unpaired) electrons. The molecule has 0 spiro atoms. The summed E-state index contributed by atoms with van der Waals surface area (Å²) in [7, 11) is 2.86. The Balaban J connectivity index is 3.19. The molecule has 0 aliphatic rings. The van der Waals surface area contributed by atoms with Gasteiger partial charge in [-0.3, -0.25) is 0 Å². The van der Waals surface area contributed by atoms with Crippen molar-refractivity contribution >= 4 is 0 Å². The summed E-state index contributed by atoms with van der Waals surface area (Å²) >= 11 is 0. The number of aryl methyl sites for hydroxylation is 1. The van der Waals surface area contributed by atoms with Crippen molar-refractivity contribution in [3.05, 3.63) is 35.1 Å². The van der Waals surface area contributed by atoms with Crippen LogP contribution in [0.5, 0.6) is 0 Å². The largest absolute Gasteiger partial charge is 0.380 e. The van der Waals surface area contributed by atoms with Gasteiger partial charge in [-0.05, 0) is 37.1 Å². The number of rotatable bonds is 4. The number of halogens is 1. The molecule has 90 valence electrons. The summed E-state index contributed by atoms with van der Waals surface area (Å²) in [6, 6.07) is 4.26. The average molecular weight is 228 g/mol. The Morgan fingerprint density at radius 2 is 1.88 bits per heavy atom. The number of ether oxygens (including phenoxy) is 2. The van der Waals surface area contributed by atoms with Gasteiger partial charge in [-0.1, -0.05) is 6.07 Å². The van der Waals surface area contributed by atoms with E-state index in [1.165, 1.54) is 33.3 Å². The minimum atomic E-state index is -1.39. The highest BCUT2D eigenvalue weighted by molar-refractivity contribution is 5.32. The third-order valence-corrected chi connectivity index (χ3v) is 2.63. The van der Waals surface area contributed by atoms with Crippen LogP contribution in [0.1, 0.15) is 18.1 Å². The molecule has 0 bridgehead atoms. The van der Waals surface area contributed by atoms with Gasteiger partial charge in [-0.2, -0.15) is 0 Å². The van der Waals surface area contributed by atoms with E-state index >= 15 is 0 Å². The van der Waals surface area contributed by atoms with Gasteiger partial charge in [0.15, 0.2) is 6.29 Å². The molecule has 1 unspecified atom stereocenters. The summed E-state index contributed by atoms with van der Waals surface area (Å²) in [5, 5.41) is 10.3. The smallest absolute Gasteiger partial charge is 0.189 e. The third kappa shape index (κ3) is 2.40. The quantitative estimate of drug-likeness (QED) is 0.801. The topological polar surface area (TPSA) is 38.7 Å². The van der Waals surface area contributed by atoms with E-state index < -0.39 is 17.7 Å². The molecule has 1 N–H and O–H groups in total. The zero-order valence-electron chi connectivity index (χ0n) is 9.95. The highest BCUT2D eigenvalue weighted by atomic mass is 19.1. The van der Waals surface area contributed by atoms with Gasteiger partial charge in [-0.15, -0.1) is 0 Å². The molecule has 1 atom stereocenters. The lowest BCUT2D eigenvalue weighted by molar-refractivity contribution is -0.213. The minimum absolute atomic E-state index is 0.396. The average Bonchev–Trinajstić information content (AvgIpc) is 2.23. The monoisotopic (exact) mass is 228 g/mol. The Kier molecular flexibility index (Phi) is 4.02. The van der Waals surface area contributed by atoms with Crippen LogP contribution < -0.4 is 0 Å². The molecule has 0 saturated heterocycles. The zero-order chi connectivity index (χ0) is 12.3.